The minimum absolute atomic E-state index is 0.0625. The molecule has 0 aromatic rings. The lowest BCUT2D eigenvalue weighted by molar-refractivity contribution is -0.158. The number of hydrogen-bond acceptors (Lipinski definition) is 42. The summed E-state index contributed by atoms with van der Waals surface area (Å²) in [6, 6.07) is 0. The van der Waals surface area contributed by atoms with E-state index in [1.165, 1.54) is 35.5 Å². The summed E-state index contributed by atoms with van der Waals surface area (Å²) in [5.74, 6) is -0.274. The molecule has 42 heteroatoms. The fourth-order valence-corrected chi connectivity index (χ4v) is 6.11. The Balaban J connectivity index is -0.0000000877. The fourth-order valence-electron chi connectivity index (χ4n) is 4.72. The van der Waals surface area contributed by atoms with Gasteiger partial charge in [0.05, 0.1) is 92.6 Å². The minimum Gasteiger partial charge on any atom is -0.469 e. The van der Waals surface area contributed by atoms with Crippen molar-refractivity contribution in [2.45, 2.75) is 217 Å². The predicted octanol–water partition coefficient (Wildman–Crippen LogP) is 10.4. The average molecular weight is 1860 g/mol. The quantitative estimate of drug-likeness (QED) is 0.0179. The lowest BCUT2D eigenvalue weighted by Gasteiger charge is -2.01. The van der Waals surface area contributed by atoms with Gasteiger partial charge in [0.25, 0.3) is 0 Å². The number of ether oxygens (including phenoxy) is 22. The van der Waals surface area contributed by atoms with Gasteiger partial charge in [-0.3, -0.25) is 57.5 Å². The summed E-state index contributed by atoms with van der Waals surface area (Å²) in [5.41, 5.74) is 0. The molecule has 0 saturated carbocycles. The molecule has 0 amide bonds. The third-order valence-electron chi connectivity index (χ3n) is 10.9. The van der Waals surface area contributed by atoms with Crippen molar-refractivity contribution in [1.29, 1.82) is 0 Å². The van der Waals surface area contributed by atoms with Crippen molar-refractivity contribution < 1.29 is 186 Å². The maximum atomic E-state index is 10.6. The predicted molar refractivity (Wildman–Crippen MR) is 470 cm³/mol. The van der Waals surface area contributed by atoms with E-state index in [-0.39, 0.29) is 138 Å². The van der Waals surface area contributed by atoms with E-state index < -0.39 is 47.8 Å². The van der Waals surface area contributed by atoms with E-state index in [4.69, 9.17) is 37.9 Å². The van der Waals surface area contributed by atoms with Crippen molar-refractivity contribution >= 4 is 136 Å². The van der Waals surface area contributed by atoms with E-state index in [0.29, 0.717) is 110 Å². The van der Waals surface area contributed by atoms with E-state index >= 15 is 0 Å². The average Bonchev–Trinajstić information content (AvgIpc) is 1.00. The smallest absolute Gasteiger partial charge is 0.344 e. The highest BCUT2D eigenvalue weighted by molar-refractivity contribution is 8.00. The zero-order valence-corrected chi connectivity index (χ0v) is 82.3. The molecule has 0 aliphatic heterocycles. The van der Waals surface area contributed by atoms with Gasteiger partial charge < -0.3 is 104 Å². The van der Waals surface area contributed by atoms with Crippen molar-refractivity contribution in [1.82, 2.24) is 0 Å². The molecule has 39 nitrogen and oxygen atoms in total. The van der Waals surface area contributed by atoms with Gasteiger partial charge in [-0.25, -0.2) is 24.0 Å². The largest absolute Gasteiger partial charge is 0.469 e. The maximum Gasteiger partial charge on any atom is 0.344 e. The number of rotatable bonds is 51. The molecular weight excluding hydrogens is 1710 g/mol. The molecule has 0 unspecified atom stereocenters. The Bertz CT molecular complexity index is 2300. The van der Waals surface area contributed by atoms with Gasteiger partial charge >= 0.3 is 83.6 Å². The first-order chi connectivity index (χ1) is 59.0. The minimum atomic E-state index is -0.571. The Morgan fingerprint density at radius 2 is 0.444 bits per heavy atom. The van der Waals surface area contributed by atoms with Gasteiger partial charge in [-0.15, -0.1) is 11.8 Å². The molecule has 0 aromatic carbocycles. The lowest BCUT2D eigenvalue weighted by Crippen LogP contribution is -2.15. The van der Waals surface area contributed by atoms with Gasteiger partial charge in [-0.1, -0.05) is 62.3 Å². The molecule has 0 N–H and O–H groups in total. The molecular formula is C82H158O39S3. The molecule has 0 bridgehead atoms. The van der Waals surface area contributed by atoms with Crippen LogP contribution in [0.3, 0.4) is 0 Å². The highest BCUT2D eigenvalue weighted by atomic mass is 32.2. The second-order valence-electron chi connectivity index (χ2n) is 20.5. The molecule has 738 valence electrons. The number of thioether (sulfide) groups is 3. The summed E-state index contributed by atoms with van der Waals surface area (Å²) in [6.45, 7) is 49.9. The number of carbonyl (C=O) groups excluding carboxylic acids is 17. The summed E-state index contributed by atoms with van der Waals surface area (Å²) in [7, 11) is 6.47. The zero-order valence-electron chi connectivity index (χ0n) is 79.8. The van der Waals surface area contributed by atoms with Crippen LogP contribution in [0.5, 0.6) is 0 Å². The fraction of sp³-hybridized carbons (Fsp3) is 0.793. The van der Waals surface area contributed by atoms with Gasteiger partial charge in [0.2, 0.25) is 0 Å². The number of methoxy groups -OCH3 is 5. The van der Waals surface area contributed by atoms with Crippen LogP contribution in [0.1, 0.15) is 217 Å². The summed E-state index contributed by atoms with van der Waals surface area (Å²) in [5, 5.41) is 0. The van der Waals surface area contributed by atoms with Crippen molar-refractivity contribution in [2.24, 2.45) is 0 Å². The van der Waals surface area contributed by atoms with Crippen molar-refractivity contribution in [3.63, 3.8) is 0 Å². The molecule has 0 atom stereocenters. The summed E-state index contributed by atoms with van der Waals surface area (Å²) < 4.78 is 101. The number of hydrogen-bond donors (Lipinski definition) is 0. The second kappa shape index (κ2) is 136. The molecule has 0 heterocycles. The molecule has 124 heavy (non-hydrogen) atoms. The first kappa shape index (κ1) is 148. The van der Waals surface area contributed by atoms with E-state index in [0.717, 1.165) is 43.0 Å². The first-order valence-corrected chi connectivity index (χ1v) is 44.1. The van der Waals surface area contributed by atoms with Crippen LogP contribution in [0, 0.1) is 0 Å². The molecule has 0 fully saturated rings. The van der Waals surface area contributed by atoms with Crippen LogP contribution in [0.15, 0.2) is 0 Å². The highest BCUT2D eigenvalue weighted by Gasteiger charge is 2.11. The third kappa shape index (κ3) is 176. The lowest BCUT2D eigenvalue weighted by atomic mass is 10.2. The van der Waals surface area contributed by atoms with Crippen LogP contribution < -0.4 is 0 Å². The molecule has 0 radical (unpaired) electrons. The Labute approximate surface area is 751 Å². The van der Waals surface area contributed by atoms with Gasteiger partial charge in [0.1, 0.15) is 64.0 Å². The Kier molecular flexibility index (Phi) is 162. The first-order valence-electron chi connectivity index (χ1n) is 40.7. The van der Waals surface area contributed by atoms with Crippen LogP contribution in [0.2, 0.25) is 0 Å². The number of Topliss-reactive ketones (excluding diaryl/α,β-unsaturated/α-hetero) is 3. The van der Waals surface area contributed by atoms with Crippen LogP contribution in [0.4, 0.5) is 0 Å². The Morgan fingerprint density at radius 1 is 0.185 bits per heavy atom. The monoisotopic (exact) mass is 1860 g/mol. The highest BCUT2D eigenvalue weighted by Crippen LogP contribution is 2.00. The standard InChI is InChI=1S/C7H12O4.C7H12O3.2C6H10O4.C6H10O3.3C6H12O3.C6H12O2S.C6H12O2.C5H10O3.C5H10O2S.C5H12O2.C5H12OS/c1-3-6(8)11-5-7(9)10-4-2;1-3-6(8)5-7(9)10-4-2;1-3-10-6(8)4-5(7)9-2;1-3-5(7)10-4-6(8)9-2;1-3-5(7)4-6(8)9-2;2*1-3-8-5-6(7)9-4-2;1-3-6(7)9-5-8-4-2;1-3-8-6(7)5-9-4-2;1-3-6(7)5-8-4-2;2*1-3-8-4-5(6)7-2;2*1-3-6-5-7-4-2/h3-5H2,1-2H3;3-5H2,1-2H3;2*3-4H2,1-2H3;3-4H2,1-2H3;4*3-5H2,1-2H3;3-5H2,1-2H3;2*3-4H2,1-2H3;2*3-5H2,1-2H3. The van der Waals surface area contributed by atoms with Gasteiger partial charge in [-0.2, -0.15) is 23.5 Å². The molecule has 0 rings (SSSR count). The van der Waals surface area contributed by atoms with Gasteiger partial charge in [-0.05, 0) is 114 Å². The van der Waals surface area contributed by atoms with Crippen LogP contribution in [0.25, 0.3) is 0 Å². The van der Waals surface area contributed by atoms with Crippen LogP contribution in [-0.4, -0.2) is 317 Å². The van der Waals surface area contributed by atoms with Crippen molar-refractivity contribution in [2.75, 3.05) is 216 Å². The van der Waals surface area contributed by atoms with Crippen LogP contribution in [-0.2, 0) is 186 Å². The second-order valence-corrected chi connectivity index (χ2v) is 24.2. The van der Waals surface area contributed by atoms with Crippen LogP contribution >= 0.6 is 35.3 Å². The topological polar surface area (TPSA) is 493 Å². The van der Waals surface area contributed by atoms with E-state index in [1.807, 2.05) is 94.8 Å². The summed E-state index contributed by atoms with van der Waals surface area (Å²) >= 11 is 4.96. The van der Waals surface area contributed by atoms with E-state index in [9.17, 15) is 81.5 Å². The molecule has 0 saturated heterocycles. The SMILES string of the molecule is CCC(=O)CC(=O)OC.CCC(=O)OCC(=O)OC.CCOC(=O)CC(=O)CC.CCOC(=O)CC(=O)OC.CCOC(=O)COC(=O)CC.CCOC(=O)CSCC.CCOCC(=O)CC.CCOCC(=O)OC.CCOCC(=O)OCC.CCOCC(=O)OCC.CCOCOC(=O)CC.CCOCOCC.CCOCSCC.CCSCC(=O)OC. The number of ketones is 3. The molecule has 0 aromatic heterocycles. The maximum absolute atomic E-state index is 10.6. The number of carbonyl (C=O) groups is 17. The van der Waals surface area contributed by atoms with Gasteiger partial charge in [0.15, 0.2) is 25.8 Å². The Morgan fingerprint density at radius 3 is 0.758 bits per heavy atom. The molecule has 0 aliphatic rings. The zero-order chi connectivity index (χ0) is 98.7. The van der Waals surface area contributed by atoms with Crippen molar-refractivity contribution in [3.05, 3.63) is 0 Å². The van der Waals surface area contributed by atoms with Gasteiger partial charge in [0, 0.05) is 91.4 Å². The molecule has 0 aliphatic carbocycles. The molecule has 0 spiro atoms. The third-order valence-corrected chi connectivity index (χ3v) is 13.4. The van der Waals surface area contributed by atoms with Crippen molar-refractivity contribution in [3.8, 4) is 0 Å². The number of esters is 14. The summed E-state index contributed by atoms with van der Waals surface area (Å²) in [4.78, 5) is 177. The normalized spacial score (nSPS) is 8.97. The van der Waals surface area contributed by atoms with E-state index in [2.05, 4.69) is 73.2 Å². The Hall–Kier alpha value is -7.68. The van der Waals surface area contributed by atoms with E-state index in [1.54, 1.807) is 92.8 Å². The summed E-state index contributed by atoms with van der Waals surface area (Å²) in [6.07, 6.45) is 1.87.